The molecule has 0 spiro atoms. The topological polar surface area (TPSA) is 0 Å². The average Bonchev–Trinajstić information content (AvgIpc) is 1.87. The van der Waals surface area contributed by atoms with Crippen molar-refractivity contribution in [1.82, 2.24) is 0 Å². The third kappa shape index (κ3) is 14.6. The third-order valence-electron chi connectivity index (χ3n) is 2.29. The molecular formula is C7H18BF4N. The Balaban J connectivity index is -0.0000000245. The zero-order chi connectivity index (χ0) is 6.62. The summed E-state index contributed by atoms with van der Waals surface area (Å²) in [4.78, 5) is 0. The molecule has 0 atom stereocenters. The Labute approximate surface area is 80.1 Å². The Morgan fingerprint density at radius 1 is 0.692 bits per heavy atom. The van der Waals surface area contributed by atoms with Crippen molar-refractivity contribution in [2.45, 2.75) is 20.8 Å². The van der Waals surface area contributed by atoms with Crippen molar-refractivity contribution in [3.05, 3.63) is 0 Å². The number of halogens is 4. The monoisotopic (exact) mass is 203 g/mol. The van der Waals surface area contributed by atoms with Gasteiger partial charge < -0.3 is 23.3 Å². The van der Waals surface area contributed by atoms with Crippen molar-refractivity contribution in [2.75, 3.05) is 26.7 Å². The first-order valence-corrected chi connectivity index (χ1v) is 3.52. The van der Waals surface area contributed by atoms with Crippen LogP contribution in [-0.2, 0) is 0 Å². The van der Waals surface area contributed by atoms with Gasteiger partial charge in [-0.3, -0.25) is 0 Å². The summed E-state index contributed by atoms with van der Waals surface area (Å²) >= 11 is 0. The Hall–Kier alpha value is -0.255. The van der Waals surface area contributed by atoms with Crippen LogP contribution in [0.2, 0.25) is 0 Å². The van der Waals surface area contributed by atoms with Crippen LogP contribution in [0.4, 0.5) is 0 Å². The fourth-order valence-electron chi connectivity index (χ4n) is 0.671. The molecule has 0 aromatic carbocycles. The van der Waals surface area contributed by atoms with Crippen molar-refractivity contribution in [3.63, 3.8) is 0 Å². The number of rotatable bonds is 3. The van der Waals surface area contributed by atoms with Crippen LogP contribution in [0.5, 0.6) is 0 Å². The molecule has 0 aliphatic carbocycles. The quantitative estimate of drug-likeness (QED) is 0.243. The molecule has 0 N–H and O–H groups in total. The van der Waals surface area contributed by atoms with Gasteiger partial charge >= 0.3 is 8.41 Å². The molecule has 0 rings (SSSR count). The molecule has 1 nitrogen and oxygen atoms in total. The predicted molar refractivity (Wildman–Crippen MR) is 43.6 cm³/mol. The maximum Gasteiger partial charge on any atom is 3.00 e. The van der Waals surface area contributed by atoms with Gasteiger partial charge in [0, 0.05) is 0 Å². The fourth-order valence-corrected chi connectivity index (χ4v) is 0.671. The maximum absolute atomic E-state index is 2.29. The van der Waals surface area contributed by atoms with E-state index in [0.29, 0.717) is 0 Å². The average molecular weight is 203 g/mol. The number of quaternary nitrogens is 1. The normalized spacial score (nSPS) is 7.38. The van der Waals surface area contributed by atoms with E-state index in [0.717, 1.165) is 0 Å². The van der Waals surface area contributed by atoms with Gasteiger partial charge in [0.05, 0.1) is 26.7 Å². The second-order valence-electron chi connectivity index (χ2n) is 2.57. The summed E-state index contributed by atoms with van der Waals surface area (Å²) < 4.78 is 1.21. The van der Waals surface area contributed by atoms with Crippen LogP contribution in [0.1, 0.15) is 20.8 Å². The molecule has 0 saturated heterocycles. The molecule has 0 bridgehead atoms. The van der Waals surface area contributed by atoms with Gasteiger partial charge in [0.25, 0.3) is 0 Å². The van der Waals surface area contributed by atoms with E-state index in [-0.39, 0.29) is 27.2 Å². The molecule has 0 aliphatic heterocycles. The second-order valence-corrected chi connectivity index (χ2v) is 2.57. The van der Waals surface area contributed by atoms with Crippen LogP contribution in [0.3, 0.4) is 0 Å². The SMILES string of the molecule is CC[N+](C)(CC)CC.[B+3].[F-].[F-].[F-].[F-]. The zero-order valence-corrected chi connectivity index (χ0v) is 8.66. The smallest absolute Gasteiger partial charge is 1.00 e. The minimum atomic E-state index is 0. The Morgan fingerprint density at radius 3 is 0.846 bits per heavy atom. The summed E-state index contributed by atoms with van der Waals surface area (Å²) in [6, 6.07) is 0. The molecule has 0 aromatic rings. The molecule has 13 heavy (non-hydrogen) atoms. The number of hydrogen-bond donors (Lipinski definition) is 0. The minimum absolute atomic E-state index is 0. The summed E-state index contributed by atoms with van der Waals surface area (Å²) in [5, 5.41) is 0. The minimum Gasteiger partial charge on any atom is -1.00 e. The van der Waals surface area contributed by atoms with Gasteiger partial charge in [-0.05, 0) is 20.8 Å². The van der Waals surface area contributed by atoms with Crippen LogP contribution in [0.15, 0.2) is 0 Å². The summed E-state index contributed by atoms with van der Waals surface area (Å²) in [6.07, 6.45) is 0. The van der Waals surface area contributed by atoms with E-state index in [2.05, 4.69) is 27.8 Å². The fraction of sp³-hybridized carbons (Fsp3) is 1.00. The van der Waals surface area contributed by atoms with Crippen LogP contribution >= 0.6 is 0 Å². The van der Waals surface area contributed by atoms with E-state index in [1.807, 2.05) is 0 Å². The molecule has 82 valence electrons. The van der Waals surface area contributed by atoms with Gasteiger partial charge in [-0.15, -0.1) is 0 Å². The van der Waals surface area contributed by atoms with Crippen molar-refractivity contribution >= 4 is 8.41 Å². The largest absolute Gasteiger partial charge is 3.00 e. The predicted octanol–water partition coefficient (Wildman–Crippen LogP) is -10.9. The molecule has 0 amide bonds. The van der Waals surface area contributed by atoms with Gasteiger partial charge in [0.2, 0.25) is 0 Å². The van der Waals surface area contributed by atoms with E-state index in [1.54, 1.807) is 0 Å². The van der Waals surface area contributed by atoms with E-state index in [4.69, 9.17) is 0 Å². The van der Waals surface area contributed by atoms with Crippen LogP contribution < -0.4 is 18.8 Å². The van der Waals surface area contributed by atoms with Crippen LogP contribution in [0.25, 0.3) is 0 Å². The Bertz CT molecular complexity index is 63.2. The molecule has 6 heteroatoms. The van der Waals surface area contributed by atoms with Crippen molar-refractivity contribution < 1.29 is 23.3 Å². The van der Waals surface area contributed by atoms with E-state index in [9.17, 15) is 0 Å². The van der Waals surface area contributed by atoms with Crippen LogP contribution in [0, 0.1) is 0 Å². The number of hydrogen-bond acceptors (Lipinski definition) is 0. The molecule has 0 aromatic heterocycles. The Kier molecular flexibility index (Phi) is 52.7. The van der Waals surface area contributed by atoms with Gasteiger partial charge in [0.15, 0.2) is 0 Å². The van der Waals surface area contributed by atoms with Crippen molar-refractivity contribution in [3.8, 4) is 0 Å². The molecule has 0 fully saturated rings. The first-order valence-electron chi connectivity index (χ1n) is 3.52. The summed E-state index contributed by atoms with van der Waals surface area (Å²) in [6.45, 7) is 10.5. The van der Waals surface area contributed by atoms with E-state index >= 15 is 0 Å². The van der Waals surface area contributed by atoms with Gasteiger partial charge in [-0.2, -0.15) is 0 Å². The van der Waals surface area contributed by atoms with Crippen LogP contribution in [-0.4, -0.2) is 39.6 Å². The van der Waals surface area contributed by atoms with Crippen molar-refractivity contribution in [2.24, 2.45) is 0 Å². The zero-order valence-electron chi connectivity index (χ0n) is 8.66. The molecule has 0 heterocycles. The maximum atomic E-state index is 2.29. The summed E-state index contributed by atoms with van der Waals surface area (Å²) in [5.74, 6) is 0. The van der Waals surface area contributed by atoms with Gasteiger partial charge in [-0.1, -0.05) is 0 Å². The molecule has 0 unspecified atom stereocenters. The first kappa shape index (κ1) is 38.6. The summed E-state index contributed by atoms with van der Waals surface area (Å²) in [5.41, 5.74) is 0. The first-order chi connectivity index (χ1) is 3.68. The Morgan fingerprint density at radius 2 is 0.846 bits per heavy atom. The molecule has 0 saturated carbocycles. The molecular weight excluding hydrogens is 185 g/mol. The number of nitrogens with zero attached hydrogens (tertiary/aromatic N) is 1. The molecule has 0 radical (unpaired) electrons. The standard InChI is InChI=1S/C7H18N.B.4FH/c1-5-8(4,6-2)7-3;;;;;/h5-7H2,1-4H3;;4*1H/q+1;+3;;;;/p-4. The van der Waals surface area contributed by atoms with E-state index < -0.39 is 0 Å². The van der Waals surface area contributed by atoms with Gasteiger partial charge in [-0.25, -0.2) is 0 Å². The molecule has 0 aliphatic rings. The second kappa shape index (κ2) is 17.7. The van der Waals surface area contributed by atoms with Gasteiger partial charge in [0.1, 0.15) is 0 Å². The summed E-state index contributed by atoms with van der Waals surface area (Å²) in [7, 11) is 2.29. The van der Waals surface area contributed by atoms with E-state index in [1.165, 1.54) is 24.1 Å². The van der Waals surface area contributed by atoms with Crippen molar-refractivity contribution in [1.29, 1.82) is 0 Å². The third-order valence-corrected chi connectivity index (χ3v) is 2.29.